The molecule has 1 amide bonds. The van der Waals surface area contributed by atoms with Crippen LogP contribution in [-0.2, 0) is 20.9 Å². The Bertz CT molecular complexity index is 830. The molecule has 0 radical (unpaired) electrons. The Kier molecular flexibility index (Phi) is 4.76. The van der Waals surface area contributed by atoms with Crippen LogP contribution in [0.3, 0.4) is 0 Å². The third-order valence-corrected chi connectivity index (χ3v) is 4.49. The van der Waals surface area contributed by atoms with E-state index in [1.165, 1.54) is 0 Å². The Morgan fingerprint density at radius 2 is 1.89 bits per heavy atom. The van der Waals surface area contributed by atoms with Gasteiger partial charge in [-0.05, 0) is 49.9 Å². The van der Waals surface area contributed by atoms with Gasteiger partial charge in [0.15, 0.2) is 12.7 Å². The predicted octanol–water partition coefficient (Wildman–Crippen LogP) is 2.10. The van der Waals surface area contributed by atoms with Gasteiger partial charge in [0.1, 0.15) is 11.9 Å². The maximum Gasteiger partial charge on any atom is 0.332 e. The van der Waals surface area contributed by atoms with Crippen LogP contribution in [0.2, 0.25) is 0 Å². The summed E-state index contributed by atoms with van der Waals surface area (Å²) in [7, 11) is 0. The SMILES string of the molecule is O=C(Nc1ccc(OCc2noc(C3CC3)n2)cc1)[C@@H]1CC[C@H](C(=O)O)O1. The molecule has 1 aromatic heterocycles. The first-order chi connectivity index (χ1) is 13.1. The molecule has 0 spiro atoms. The second-order valence-electron chi connectivity index (χ2n) is 6.65. The van der Waals surface area contributed by atoms with Gasteiger partial charge in [-0.3, -0.25) is 4.79 Å². The zero-order valence-corrected chi connectivity index (χ0v) is 14.5. The molecule has 4 rings (SSSR count). The zero-order chi connectivity index (χ0) is 18.8. The Labute approximate surface area is 154 Å². The molecule has 142 valence electrons. The summed E-state index contributed by atoms with van der Waals surface area (Å²) in [5.74, 6) is 0.786. The summed E-state index contributed by atoms with van der Waals surface area (Å²) < 4.78 is 16.0. The first-order valence-electron chi connectivity index (χ1n) is 8.83. The van der Waals surface area contributed by atoms with E-state index in [9.17, 15) is 9.59 Å². The van der Waals surface area contributed by atoms with Crippen molar-refractivity contribution in [3.05, 3.63) is 36.0 Å². The first kappa shape index (κ1) is 17.5. The summed E-state index contributed by atoms with van der Waals surface area (Å²) in [5, 5.41) is 15.5. The fourth-order valence-electron chi connectivity index (χ4n) is 2.84. The standard InChI is InChI=1S/C18H19N3O6/c22-16(13-7-8-14(26-13)18(23)24)19-11-3-5-12(6-4-11)25-9-15-20-17(27-21-15)10-1-2-10/h3-6,10,13-14H,1-2,7-9H2,(H,19,22)(H,23,24)/t13-,14+/m0/s1. The zero-order valence-electron chi connectivity index (χ0n) is 14.5. The Morgan fingerprint density at radius 3 is 2.56 bits per heavy atom. The van der Waals surface area contributed by atoms with Gasteiger partial charge in [-0.2, -0.15) is 4.98 Å². The average molecular weight is 373 g/mol. The van der Waals surface area contributed by atoms with Crippen molar-refractivity contribution in [2.75, 3.05) is 5.32 Å². The average Bonchev–Trinajstić information content (AvgIpc) is 3.20. The van der Waals surface area contributed by atoms with Crippen molar-refractivity contribution in [1.29, 1.82) is 0 Å². The van der Waals surface area contributed by atoms with Gasteiger partial charge >= 0.3 is 5.97 Å². The van der Waals surface area contributed by atoms with E-state index in [0.717, 1.165) is 12.8 Å². The van der Waals surface area contributed by atoms with Gasteiger partial charge in [0.05, 0.1) is 0 Å². The quantitative estimate of drug-likeness (QED) is 0.756. The molecule has 1 saturated carbocycles. The summed E-state index contributed by atoms with van der Waals surface area (Å²) in [4.78, 5) is 27.3. The summed E-state index contributed by atoms with van der Waals surface area (Å²) in [6.07, 6.45) is 1.25. The molecule has 2 aliphatic rings. The van der Waals surface area contributed by atoms with Crippen molar-refractivity contribution < 1.29 is 28.7 Å². The molecule has 27 heavy (non-hydrogen) atoms. The van der Waals surface area contributed by atoms with E-state index in [1.807, 2.05) is 0 Å². The first-order valence-corrected chi connectivity index (χ1v) is 8.83. The number of nitrogens with zero attached hydrogens (tertiary/aromatic N) is 2. The monoisotopic (exact) mass is 373 g/mol. The maximum absolute atomic E-state index is 12.2. The van der Waals surface area contributed by atoms with E-state index in [1.54, 1.807) is 24.3 Å². The third kappa shape index (κ3) is 4.25. The van der Waals surface area contributed by atoms with Gasteiger partial charge < -0.3 is 24.4 Å². The maximum atomic E-state index is 12.2. The Balaban J connectivity index is 1.27. The topological polar surface area (TPSA) is 124 Å². The fourth-order valence-corrected chi connectivity index (χ4v) is 2.84. The van der Waals surface area contributed by atoms with Crippen LogP contribution in [0.4, 0.5) is 5.69 Å². The van der Waals surface area contributed by atoms with E-state index >= 15 is 0 Å². The van der Waals surface area contributed by atoms with Crippen molar-refractivity contribution in [2.24, 2.45) is 0 Å². The highest BCUT2D eigenvalue weighted by atomic mass is 16.5. The number of ether oxygens (including phenoxy) is 2. The molecule has 2 N–H and O–H groups in total. The Hall–Kier alpha value is -2.94. The van der Waals surface area contributed by atoms with Crippen molar-refractivity contribution in [1.82, 2.24) is 10.1 Å². The van der Waals surface area contributed by atoms with E-state index in [4.69, 9.17) is 19.1 Å². The number of hydrogen-bond donors (Lipinski definition) is 2. The second-order valence-corrected chi connectivity index (χ2v) is 6.65. The molecule has 9 heteroatoms. The van der Waals surface area contributed by atoms with Crippen LogP contribution in [0.15, 0.2) is 28.8 Å². The van der Waals surface area contributed by atoms with Crippen molar-refractivity contribution >= 4 is 17.6 Å². The number of carbonyl (C=O) groups is 2. The number of carbonyl (C=O) groups excluding carboxylic acids is 1. The van der Waals surface area contributed by atoms with E-state index in [-0.39, 0.29) is 12.5 Å². The number of nitrogens with one attached hydrogen (secondary N) is 1. The molecule has 1 aromatic carbocycles. The lowest BCUT2D eigenvalue weighted by molar-refractivity contribution is -0.150. The number of carboxylic acids is 1. The fraction of sp³-hybridized carbons (Fsp3) is 0.444. The number of hydrogen-bond acceptors (Lipinski definition) is 7. The number of amides is 1. The highest BCUT2D eigenvalue weighted by Gasteiger charge is 2.34. The molecule has 2 fully saturated rings. The largest absolute Gasteiger partial charge is 0.485 e. The van der Waals surface area contributed by atoms with Crippen LogP contribution in [0.25, 0.3) is 0 Å². The summed E-state index contributed by atoms with van der Waals surface area (Å²) in [5.41, 5.74) is 0.574. The van der Waals surface area contributed by atoms with Crippen LogP contribution in [0.1, 0.15) is 43.3 Å². The molecule has 2 heterocycles. The molecular weight excluding hydrogens is 354 g/mol. The van der Waals surface area contributed by atoms with E-state index in [2.05, 4.69) is 15.5 Å². The summed E-state index contributed by atoms with van der Waals surface area (Å²) in [6.45, 7) is 0.203. The number of benzene rings is 1. The molecule has 2 aromatic rings. The lowest BCUT2D eigenvalue weighted by Crippen LogP contribution is -2.29. The van der Waals surface area contributed by atoms with Gasteiger partial charge in [0.2, 0.25) is 11.7 Å². The minimum atomic E-state index is -1.04. The van der Waals surface area contributed by atoms with Gasteiger partial charge in [0, 0.05) is 11.6 Å². The third-order valence-electron chi connectivity index (χ3n) is 4.49. The molecule has 1 aliphatic heterocycles. The van der Waals surface area contributed by atoms with Crippen molar-refractivity contribution in [2.45, 2.75) is 50.4 Å². The van der Waals surface area contributed by atoms with Crippen LogP contribution >= 0.6 is 0 Å². The lowest BCUT2D eigenvalue weighted by Gasteiger charge is -2.12. The molecular formula is C18H19N3O6. The smallest absolute Gasteiger partial charge is 0.332 e. The van der Waals surface area contributed by atoms with Crippen molar-refractivity contribution in [3.8, 4) is 5.75 Å². The number of aliphatic carboxylic acids is 1. The predicted molar refractivity (Wildman–Crippen MR) is 91.2 cm³/mol. The van der Waals surface area contributed by atoms with Gasteiger partial charge in [0.25, 0.3) is 5.91 Å². The number of rotatable bonds is 7. The minimum absolute atomic E-state index is 0.203. The number of anilines is 1. The molecule has 0 unspecified atom stereocenters. The molecule has 1 saturated heterocycles. The van der Waals surface area contributed by atoms with E-state index < -0.39 is 18.2 Å². The second kappa shape index (κ2) is 7.36. The van der Waals surface area contributed by atoms with Crippen LogP contribution in [-0.4, -0.2) is 39.3 Å². The Morgan fingerprint density at radius 1 is 1.15 bits per heavy atom. The molecule has 9 nitrogen and oxygen atoms in total. The van der Waals surface area contributed by atoms with E-state index in [0.29, 0.717) is 41.9 Å². The van der Waals surface area contributed by atoms with Gasteiger partial charge in [-0.15, -0.1) is 0 Å². The van der Waals surface area contributed by atoms with Gasteiger partial charge in [-0.1, -0.05) is 5.16 Å². The molecule has 1 aliphatic carbocycles. The highest BCUT2D eigenvalue weighted by molar-refractivity contribution is 5.94. The van der Waals surface area contributed by atoms with Crippen LogP contribution < -0.4 is 10.1 Å². The van der Waals surface area contributed by atoms with Crippen LogP contribution in [0.5, 0.6) is 5.75 Å². The van der Waals surface area contributed by atoms with Crippen molar-refractivity contribution in [3.63, 3.8) is 0 Å². The normalized spacial score (nSPS) is 21.8. The van der Waals surface area contributed by atoms with Crippen LogP contribution in [0, 0.1) is 0 Å². The molecule has 0 bridgehead atoms. The summed E-state index contributed by atoms with van der Waals surface area (Å²) in [6, 6.07) is 6.82. The number of carboxylic acid groups (broad SMARTS) is 1. The summed E-state index contributed by atoms with van der Waals surface area (Å²) >= 11 is 0. The highest BCUT2D eigenvalue weighted by Crippen LogP contribution is 2.38. The minimum Gasteiger partial charge on any atom is -0.485 e. The van der Waals surface area contributed by atoms with Gasteiger partial charge in [-0.25, -0.2) is 4.79 Å². The molecule has 2 atom stereocenters. The number of aromatic nitrogens is 2. The lowest BCUT2D eigenvalue weighted by atomic mass is 10.2.